The average Bonchev–Trinajstić information content (AvgIpc) is 2.42. The van der Waals surface area contributed by atoms with Crippen LogP contribution in [0.2, 0.25) is 0 Å². The largest absolute Gasteiger partial charge is 0.310 e. The van der Waals surface area contributed by atoms with E-state index in [0.717, 1.165) is 5.92 Å². The van der Waals surface area contributed by atoms with Crippen molar-refractivity contribution >= 4 is 0 Å². The number of rotatable bonds is 4. The van der Waals surface area contributed by atoms with Gasteiger partial charge in [0, 0.05) is 6.04 Å². The van der Waals surface area contributed by atoms with Gasteiger partial charge in [0.15, 0.2) is 0 Å². The maximum absolute atomic E-state index is 3.61. The minimum absolute atomic E-state index is 0.597. The molecule has 94 valence electrons. The van der Waals surface area contributed by atoms with Crippen molar-refractivity contribution in [1.29, 1.82) is 0 Å². The molecule has 0 aliphatic carbocycles. The third kappa shape index (κ3) is 3.10. The molecule has 0 spiro atoms. The molecule has 0 saturated carbocycles. The molecule has 17 heavy (non-hydrogen) atoms. The highest BCUT2D eigenvalue weighted by Crippen LogP contribution is 2.27. The molecule has 1 unspecified atom stereocenters. The van der Waals surface area contributed by atoms with Gasteiger partial charge in [0.2, 0.25) is 0 Å². The van der Waals surface area contributed by atoms with Crippen molar-refractivity contribution in [3.63, 3.8) is 0 Å². The van der Waals surface area contributed by atoms with Crippen LogP contribution in [0.3, 0.4) is 0 Å². The standard InChI is InChI=1S/C16H25N/c1-3-13(4-2)14-8-10-15(11-9-14)16-7-5-6-12-17-16/h8-11,13,16-17H,3-7,12H2,1-2H3. The lowest BCUT2D eigenvalue weighted by atomic mass is 9.91. The van der Waals surface area contributed by atoms with Gasteiger partial charge in [-0.05, 0) is 49.3 Å². The summed E-state index contributed by atoms with van der Waals surface area (Å²) in [5, 5.41) is 3.61. The number of nitrogens with one attached hydrogen (secondary N) is 1. The van der Waals surface area contributed by atoms with E-state index in [4.69, 9.17) is 0 Å². The Labute approximate surface area is 106 Å². The molecular formula is C16H25N. The van der Waals surface area contributed by atoms with Crippen LogP contribution in [0.1, 0.15) is 69.0 Å². The second-order valence-electron chi connectivity index (χ2n) is 5.18. The van der Waals surface area contributed by atoms with Crippen LogP contribution >= 0.6 is 0 Å². The van der Waals surface area contributed by atoms with Gasteiger partial charge in [0.05, 0.1) is 0 Å². The Bertz CT molecular complexity index is 318. The molecule has 1 N–H and O–H groups in total. The van der Waals surface area contributed by atoms with Crippen molar-refractivity contribution in [3.8, 4) is 0 Å². The van der Waals surface area contributed by atoms with Crippen molar-refractivity contribution < 1.29 is 0 Å². The van der Waals surface area contributed by atoms with Crippen LogP contribution < -0.4 is 5.32 Å². The first-order valence-electron chi connectivity index (χ1n) is 7.18. The highest BCUT2D eigenvalue weighted by Gasteiger charge is 2.15. The molecule has 1 atom stereocenters. The van der Waals surface area contributed by atoms with Crippen molar-refractivity contribution in [2.24, 2.45) is 0 Å². The molecule has 1 fully saturated rings. The molecule has 1 heterocycles. The summed E-state index contributed by atoms with van der Waals surface area (Å²) < 4.78 is 0. The number of piperidine rings is 1. The Balaban J connectivity index is 2.06. The van der Waals surface area contributed by atoms with Gasteiger partial charge >= 0.3 is 0 Å². The van der Waals surface area contributed by atoms with E-state index in [-0.39, 0.29) is 0 Å². The first-order chi connectivity index (χ1) is 8.35. The molecule has 0 amide bonds. The Morgan fingerprint density at radius 3 is 2.35 bits per heavy atom. The van der Waals surface area contributed by atoms with Gasteiger partial charge in [-0.25, -0.2) is 0 Å². The number of benzene rings is 1. The van der Waals surface area contributed by atoms with E-state index in [2.05, 4.69) is 43.4 Å². The van der Waals surface area contributed by atoms with Crippen molar-refractivity contribution in [1.82, 2.24) is 5.32 Å². The van der Waals surface area contributed by atoms with Gasteiger partial charge in [-0.2, -0.15) is 0 Å². The average molecular weight is 231 g/mol. The topological polar surface area (TPSA) is 12.0 Å². The molecule has 0 radical (unpaired) electrons. The van der Waals surface area contributed by atoms with Gasteiger partial charge in [0.25, 0.3) is 0 Å². The molecule has 1 aliphatic heterocycles. The maximum atomic E-state index is 3.61. The third-order valence-corrected chi connectivity index (χ3v) is 4.11. The summed E-state index contributed by atoms with van der Waals surface area (Å²) in [4.78, 5) is 0. The van der Waals surface area contributed by atoms with E-state index in [1.165, 1.54) is 49.8 Å². The fourth-order valence-corrected chi connectivity index (χ4v) is 2.90. The van der Waals surface area contributed by atoms with Crippen LogP contribution in [0.15, 0.2) is 24.3 Å². The normalized spacial score (nSPS) is 20.8. The second-order valence-corrected chi connectivity index (χ2v) is 5.18. The lowest BCUT2D eigenvalue weighted by Gasteiger charge is -2.24. The lowest BCUT2D eigenvalue weighted by molar-refractivity contribution is 0.412. The van der Waals surface area contributed by atoms with E-state index in [1.807, 2.05) is 0 Å². The van der Waals surface area contributed by atoms with Crippen molar-refractivity contribution in [2.75, 3.05) is 6.54 Å². The molecule has 1 saturated heterocycles. The highest BCUT2D eigenvalue weighted by molar-refractivity contribution is 5.27. The van der Waals surface area contributed by atoms with Crippen LogP contribution in [-0.2, 0) is 0 Å². The van der Waals surface area contributed by atoms with Gasteiger partial charge in [0.1, 0.15) is 0 Å². The van der Waals surface area contributed by atoms with Crippen LogP contribution in [0.5, 0.6) is 0 Å². The summed E-state index contributed by atoms with van der Waals surface area (Å²) in [7, 11) is 0. The SMILES string of the molecule is CCC(CC)c1ccc(C2CCCCN2)cc1. The molecule has 0 aromatic heterocycles. The summed E-state index contributed by atoms with van der Waals surface area (Å²) in [5.74, 6) is 0.739. The summed E-state index contributed by atoms with van der Waals surface area (Å²) >= 11 is 0. The first-order valence-corrected chi connectivity index (χ1v) is 7.18. The lowest BCUT2D eigenvalue weighted by Crippen LogP contribution is -2.26. The first kappa shape index (κ1) is 12.6. The van der Waals surface area contributed by atoms with E-state index in [1.54, 1.807) is 0 Å². The molecule has 1 aliphatic rings. The Hall–Kier alpha value is -0.820. The monoisotopic (exact) mass is 231 g/mol. The Kier molecular flexibility index (Phi) is 4.61. The van der Waals surface area contributed by atoms with Crippen LogP contribution in [-0.4, -0.2) is 6.54 Å². The van der Waals surface area contributed by atoms with Crippen LogP contribution in [0, 0.1) is 0 Å². The molecule has 1 aromatic rings. The number of hydrogen-bond acceptors (Lipinski definition) is 1. The van der Waals surface area contributed by atoms with E-state index < -0.39 is 0 Å². The number of hydrogen-bond donors (Lipinski definition) is 1. The maximum Gasteiger partial charge on any atom is 0.0320 e. The third-order valence-electron chi connectivity index (χ3n) is 4.11. The second kappa shape index (κ2) is 6.20. The zero-order valence-corrected chi connectivity index (χ0v) is 11.2. The summed E-state index contributed by atoms with van der Waals surface area (Å²) in [6.07, 6.45) is 6.49. The molecule has 1 heteroatoms. The van der Waals surface area contributed by atoms with Crippen molar-refractivity contribution in [2.45, 2.75) is 57.9 Å². The fourth-order valence-electron chi connectivity index (χ4n) is 2.90. The van der Waals surface area contributed by atoms with Gasteiger partial charge in [-0.1, -0.05) is 44.5 Å². The molecular weight excluding hydrogens is 206 g/mol. The zero-order chi connectivity index (χ0) is 12.1. The smallest absolute Gasteiger partial charge is 0.0320 e. The summed E-state index contributed by atoms with van der Waals surface area (Å²) in [6.45, 7) is 5.74. The van der Waals surface area contributed by atoms with Gasteiger partial charge in [-0.15, -0.1) is 0 Å². The van der Waals surface area contributed by atoms with Crippen LogP contribution in [0.4, 0.5) is 0 Å². The fraction of sp³-hybridized carbons (Fsp3) is 0.625. The Morgan fingerprint density at radius 1 is 1.12 bits per heavy atom. The molecule has 1 nitrogen and oxygen atoms in total. The summed E-state index contributed by atoms with van der Waals surface area (Å²) in [6, 6.07) is 9.93. The minimum atomic E-state index is 0.597. The molecule has 1 aromatic carbocycles. The molecule has 2 rings (SSSR count). The minimum Gasteiger partial charge on any atom is -0.310 e. The summed E-state index contributed by atoms with van der Waals surface area (Å²) in [5.41, 5.74) is 2.98. The van der Waals surface area contributed by atoms with Crippen LogP contribution in [0.25, 0.3) is 0 Å². The zero-order valence-electron chi connectivity index (χ0n) is 11.2. The van der Waals surface area contributed by atoms with Crippen molar-refractivity contribution in [3.05, 3.63) is 35.4 Å². The van der Waals surface area contributed by atoms with Gasteiger partial charge in [-0.3, -0.25) is 0 Å². The van der Waals surface area contributed by atoms with E-state index >= 15 is 0 Å². The predicted molar refractivity (Wildman–Crippen MR) is 74.4 cm³/mol. The predicted octanol–water partition coefficient (Wildman–Crippen LogP) is 4.40. The highest BCUT2D eigenvalue weighted by atomic mass is 14.9. The Morgan fingerprint density at radius 2 is 1.82 bits per heavy atom. The molecule has 0 bridgehead atoms. The van der Waals surface area contributed by atoms with E-state index in [9.17, 15) is 0 Å². The quantitative estimate of drug-likeness (QED) is 0.809. The van der Waals surface area contributed by atoms with Gasteiger partial charge < -0.3 is 5.32 Å². The van der Waals surface area contributed by atoms with E-state index in [0.29, 0.717) is 6.04 Å².